The first-order valence-electron chi connectivity index (χ1n) is 12.0. The molecular formula is C27H38N2O6. The molecule has 3 rings (SSSR count). The van der Waals surface area contributed by atoms with E-state index in [9.17, 15) is 5.11 Å². The number of hydrogen-bond acceptors (Lipinski definition) is 7. The minimum absolute atomic E-state index is 0.251. The highest BCUT2D eigenvalue weighted by atomic mass is 16.6. The fourth-order valence-electron chi connectivity index (χ4n) is 4.12. The number of aliphatic hydroxyl groups is 2. The minimum atomic E-state index is -0.912. The molecule has 2 atom stereocenters. The van der Waals surface area contributed by atoms with Crippen LogP contribution in [-0.2, 0) is 28.9 Å². The number of aryl methyl sites for hydroxylation is 1. The monoisotopic (exact) mass is 486 g/mol. The van der Waals surface area contributed by atoms with Crippen molar-refractivity contribution in [3.63, 3.8) is 0 Å². The van der Waals surface area contributed by atoms with E-state index in [-0.39, 0.29) is 13.4 Å². The summed E-state index contributed by atoms with van der Waals surface area (Å²) in [5.74, 6) is 1.60. The number of methoxy groups -OCH3 is 2. The molecule has 2 heterocycles. The van der Waals surface area contributed by atoms with Gasteiger partial charge in [0.15, 0.2) is 0 Å². The number of benzene rings is 1. The van der Waals surface area contributed by atoms with Gasteiger partial charge in [-0.3, -0.25) is 0 Å². The van der Waals surface area contributed by atoms with E-state index in [1.807, 2.05) is 35.7 Å². The van der Waals surface area contributed by atoms with E-state index in [0.29, 0.717) is 36.0 Å². The summed E-state index contributed by atoms with van der Waals surface area (Å²) in [6, 6.07) is 9.79. The fourth-order valence-corrected chi connectivity index (χ4v) is 4.12. The lowest BCUT2D eigenvalue weighted by Crippen LogP contribution is -2.27. The quantitative estimate of drug-likeness (QED) is 0.353. The molecule has 2 N–H and O–H groups in total. The van der Waals surface area contributed by atoms with Gasteiger partial charge in [0.2, 0.25) is 0 Å². The lowest BCUT2D eigenvalue weighted by atomic mass is 9.98. The lowest BCUT2D eigenvalue weighted by Gasteiger charge is -2.25. The Bertz CT molecular complexity index is 1090. The van der Waals surface area contributed by atoms with Gasteiger partial charge in [-0.25, -0.2) is 4.52 Å². The third-order valence-corrected chi connectivity index (χ3v) is 6.02. The Labute approximate surface area is 207 Å². The summed E-state index contributed by atoms with van der Waals surface area (Å²) in [4.78, 5) is 0. The van der Waals surface area contributed by atoms with Gasteiger partial charge in [-0.2, -0.15) is 5.10 Å². The zero-order valence-electron chi connectivity index (χ0n) is 21.6. The summed E-state index contributed by atoms with van der Waals surface area (Å²) in [6.45, 7) is 8.56. The minimum Gasteiger partial charge on any atom is -0.496 e. The second-order valence-electron chi connectivity index (χ2n) is 9.12. The molecule has 8 heteroatoms. The molecule has 0 radical (unpaired) electrons. The first-order chi connectivity index (χ1) is 16.8. The predicted octanol–water partition coefficient (Wildman–Crippen LogP) is 4.01. The van der Waals surface area contributed by atoms with Crippen molar-refractivity contribution in [2.24, 2.45) is 5.92 Å². The Hall–Kier alpha value is -2.65. The number of ether oxygens (including phenoxy) is 4. The maximum Gasteiger partial charge on any atom is 0.144 e. The first-order valence-corrected chi connectivity index (χ1v) is 12.0. The van der Waals surface area contributed by atoms with Crippen LogP contribution in [0.1, 0.15) is 55.0 Å². The van der Waals surface area contributed by atoms with Crippen LogP contribution in [0.15, 0.2) is 30.3 Å². The van der Waals surface area contributed by atoms with Crippen molar-refractivity contribution in [3.05, 3.63) is 58.4 Å². The second kappa shape index (κ2) is 12.4. The van der Waals surface area contributed by atoms with Crippen LogP contribution in [0, 0.1) is 12.8 Å². The smallest absolute Gasteiger partial charge is 0.144 e. The summed E-state index contributed by atoms with van der Waals surface area (Å²) >= 11 is 0. The summed E-state index contributed by atoms with van der Waals surface area (Å²) in [5.41, 5.74) is 5.27. The third-order valence-electron chi connectivity index (χ3n) is 6.02. The van der Waals surface area contributed by atoms with Crippen LogP contribution >= 0.6 is 0 Å². The third kappa shape index (κ3) is 6.52. The summed E-state index contributed by atoms with van der Waals surface area (Å²) in [5, 5.41) is 25.3. The highest BCUT2D eigenvalue weighted by Crippen LogP contribution is 2.34. The van der Waals surface area contributed by atoms with E-state index in [4.69, 9.17) is 29.2 Å². The van der Waals surface area contributed by atoms with Crippen molar-refractivity contribution >= 4 is 5.52 Å². The Morgan fingerprint density at radius 1 is 1.03 bits per heavy atom. The normalized spacial score (nSPS) is 13.4. The molecule has 0 saturated carbocycles. The van der Waals surface area contributed by atoms with Crippen molar-refractivity contribution in [2.75, 3.05) is 27.6 Å². The average Bonchev–Trinajstić information content (AvgIpc) is 3.27. The van der Waals surface area contributed by atoms with Crippen LogP contribution in [0.5, 0.6) is 11.5 Å². The molecule has 0 unspecified atom stereocenters. The van der Waals surface area contributed by atoms with Crippen molar-refractivity contribution in [1.82, 2.24) is 9.61 Å². The van der Waals surface area contributed by atoms with Crippen LogP contribution in [0.25, 0.3) is 5.52 Å². The summed E-state index contributed by atoms with van der Waals surface area (Å²) in [7, 11) is 3.20. The van der Waals surface area contributed by atoms with Gasteiger partial charge in [0.05, 0.1) is 43.8 Å². The Balaban J connectivity index is 1.96. The Morgan fingerprint density at radius 2 is 1.71 bits per heavy atom. The largest absolute Gasteiger partial charge is 0.496 e. The number of fused-ring (bicyclic) bond motifs is 1. The van der Waals surface area contributed by atoms with Crippen LogP contribution in [-0.4, -0.2) is 53.6 Å². The molecule has 8 nitrogen and oxygen atoms in total. The van der Waals surface area contributed by atoms with Gasteiger partial charge in [0.1, 0.15) is 24.4 Å². The molecule has 192 valence electrons. The number of aliphatic hydroxyl groups excluding tert-OH is 2. The van der Waals surface area contributed by atoms with Crippen molar-refractivity contribution in [3.8, 4) is 11.5 Å². The number of hydrogen-bond donors (Lipinski definition) is 2. The van der Waals surface area contributed by atoms with Gasteiger partial charge in [-0.1, -0.05) is 20.8 Å². The highest BCUT2D eigenvalue weighted by Gasteiger charge is 2.26. The molecule has 0 bridgehead atoms. The maximum atomic E-state index is 11.4. The van der Waals surface area contributed by atoms with Gasteiger partial charge in [0.25, 0.3) is 0 Å². The molecule has 0 aliphatic rings. The van der Waals surface area contributed by atoms with Gasteiger partial charge in [0, 0.05) is 18.6 Å². The maximum absolute atomic E-state index is 11.4. The van der Waals surface area contributed by atoms with Crippen molar-refractivity contribution in [1.29, 1.82) is 0 Å². The van der Waals surface area contributed by atoms with Crippen LogP contribution < -0.4 is 9.47 Å². The molecule has 3 aromatic rings. The summed E-state index contributed by atoms with van der Waals surface area (Å²) < 4.78 is 24.3. The molecule has 0 spiro atoms. The first kappa shape index (κ1) is 26.9. The molecule has 1 aromatic carbocycles. The SMILES string of the molecule is CCc1cc(COCO)n2nc(C[C@H](OCC(C)C)[C@H](O)c3cc(OC)c(C)c(OC)c3)cc2c1. The molecular weight excluding hydrogens is 448 g/mol. The molecule has 0 amide bonds. The van der Waals surface area contributed by atoms with Gasteiger partial charge >= 0.3 is 0 Å². The van der Waals surface area contributed by atoms with E-state index < -0.39 is 12.2 Å². The standard InChI is InChI=1S/C27H38N2O6/c1-7-19-8-22-12-21(28-29(22)23(9-19)15-34-16-30)13-26(35-14-17(2)3)27(31)20-10-24(32-5)18(4)25(11-20)33-6/h8-12,17,26-27,30-31H,7,13-16H2,1-6H3/t26-,27+/m0/s1. The predicted molar refractivity (Wildman–Crippen MR) is 134 cm³/mol. The number of nitrogens with zero attached hydrogens (tertiary/aromatic N) is 2. The van der Waals surface area contributed by atoms with Crippen molar-refractivity contribution < 1.29 is 29.2 Å². The van der Waals surface area contributed by atoms with Crippen molar-refractivity contribution in [2.45, 2.75) is 59.4 Å². The number of pyridine rings is 1. The molecule has 0 aliphatic carbocycles. The summed E-state index contributed by atoms with van der Waals surface area (Å²) in [6.07, 6.45) is -0.151. The van der Waals surface area contributed by atoms with Crippen LogP contribution in [0.2, 0.25) is 0 Å². The van der Waals surface area contributed by atoms with E-state index in [2.05, 4.69) is 26.8 Å². The van der Waals surface area contributed by atoms with Gasteiger partial charge in [-0.15, -0.1) is 0 Å². The zero-order chi connectivity index (χ0) is 25.5. The average molecular weight is 487 g/mol. The van der Waals surface area contributed by atoms with Crippen LogP contribution in [0.3, 0.4) is 0 Å². The Kier molecular flexibility index (Phi) is 9.51. The van der Waals surface area contributed by atoms with E-state index >= 15 is 0 Å². The molecule has 0 fully saturated rings. The van der Waals surface area contributed by atoms with Gasteiger partial charge < -0.3 is 29.2 Å². The zero-order valence-corrected chi connectivity index (χ0v) is 21.6. The Morgan fingerprint density at radius 3 is 2.29 bits per heavy atom. The lowest BCUT2D eigenvalue weighted by molar-refractivity contribution is -0.0477. The number of rotatable bonds is 13. The highest BCUT2D eigenvalue weighted by molar-refractivity contribution is 5.52. The molecule has 35 heavy (non-hydrogen) atoms. The topological polar surface area (TPSA) is 94.7 Å². The van der Waals surface area contributed by atoms with E-state index in [1.165, 1.54) is 0 Å². The van der Waals surface area contributed by atoms with E-state index in [0.717, 1.165) is 34.5 Å². The molecule has 0 aliphatic heterocycles. The van der Waals surface area contributed by atoms with Crippen LogP contribution in [0.4, 0.5) is 0 Å². The second-order valence-corrected chi connectivity index (χ2v) is 9.12. The fraction of sp³-hybridized carbons (Fsp3) is 0.519. The molecule has 0 saturated heterocycles. The van der Waals surface area contributed by atoms with E-state index in [1.54, 1.807) is 14.2 Å². The molecule has 2 aromatic heterocycles. The van der Waals surface area contributed by atoms with Gasteiger partial charge in [-0.05, 0) is 60.7 Å². The number of aromatic nitrogens is 2.